The van der Waals surface area contributed by atoms with Gasteiger partial charge in [-0.2, -0.15) is 0 Å². The van der Waals surface area contributed by atoms with Gasteiger partial charge in [-0.3, -0.25) is 4.79 Å². The van der Waals surface area contributed by atoms with Crippen molar-refractivity contribution < 1.29 is 18.7 Å². The number of halogens is 1. The summed E-state index contributed by atoms with van der Waals surface area (Å²) in [6.07, 6.45) is 1.79. The van der Waals surface area contributed by atoms with E-state index in [1.807, 2.05) is 6.07 Å². The van der Waals surface area contributed by atoms with E-state index in [1.165, 1.54) is 13.2 Å². The van der Waals surface area contributed by atoms with E-state index < -0.39 is 5.82 Å². The number of carbonyl (C=O) groups excluding carboxylic acids is 1. The number of esters is 1. The third kappa shape index (κ3) is 4.83. The summed E-state index contributed by atoms with van der Waals surface area (Å²) in [5, 5.41) is 0. The van der Waals surface area contributed by atoms with E-state index in [4.69, 9.17) is 9.47 Å². The smallest absolute Gasteiger partial charge is 0.310 e. The molecule has 20 heavy (non-hydrogen) atoms. The lowest BCUT2D eigenvalue weighted by atomic mass is 9.99. The van der Waals surface area contributed by atoms with Crippen LogP contribution in [0, 0.1) is 11.7 Å². The Hall–Kier alpha value is -1.58. The van der Waals surface area contributed by atoms with E-state index in [9.17, 15) is 9.18 Å². The lowest BCUT2D eigenvalue weighted by molar-refractivity contribution is -0.142. The Labute approximate surface area is 120 Å². The number of methoxy groups -OCH3 is 1. The van der Waals surface area contributed by atoms with Crippen molar-refractivity contribution in [2.45, 2.75) is 40.0 Å². The fourth-order valence-corrected chi connectivity index (χ4v) is 2.04. The third-order valence-electron chi connectivity index (χ3n) is 3.03. The maximum atomic E-state index is 14.0. The molecule has 0 bridgehead atoms. The number of carbonyl (C=O) groups is 1. The van der Waals surface area contributed by atoms with Gasteiger partial charge in [0.25, 0.3) is 0 Å². The summed E-state index contributed by atoms with van der Waals surface area (Å²) in [6, 6.07) is 3.32. The Morgan fingerprint density at radius 3 is 2.60 bits per heavy atom. The molecule has 112 valence electrons. The number of ether oxygens (including phenoxy) is 2. The van der Waals surface area contributed by atoms with Crippen LogP contribution in [0.1, 0.15) is 38.3 Å². The first-order valence-corrected chi connectivity index (χ1v) is 6.98. The van der Waals surface area contributed by atoms with Crippen molar-refractivity contribution in [1.29, 1.82) is 0 Å². The monoisotopic (exact) mass is 282 g/mol. The Kier molecular flexibility index (Phi) is 6.49. The molecule has 0 saturated heterocycles. The van der Waals surface area contributed by atoms with Crippen molar-refractivity contribution in [3.63, 3.8) is 0 Å². The molecule has 0 unspecified atom stereocenters. The number of rotatable bonds is 7. The molecule has 3 nitrogen and oxygen atoms in total. The molecule has 0 aliphatic carbocycles. The maximum absolute atomic E-state index is 14.0. The first-order valence-electron chi connectivity index (χ1n) is 6.98. The van der Waals surface area contributed by atoms with Crippen LogP contribution < -0.4 is 4.74 Å². The topological polar surface area (TPSA) is 35.5 Å². The summed E-state index contributed by atoms with van der Waals surface area (Å²) in [5.41, 5.74) is 1.43. The quantitative estimate of drug-likeness (QED) is 0.718. The van der Waals surface area contributed by atoms with Crippen LogP contribution in [0.15, 0.2) is 12.1 Å². The van der Waals surface area contributed by atoms with Gasteiger partial charge in [0.2, 0.25) is 0 Å². The summed E-state index contributed by atoms with van der Waals surface area (Å²) in [6.45, 7) is 6.31. The fraction of sp³-hybridized carbons (Fsp3) is 0.562. The minimum absolute atomic E-state index is 0.0312. The highest BCUT2D eigenvalue weighted by Crippen LogP contribution is 2.26. The highest BCUT2D eigenvalue weighted by Gasteiger charge is 2.15. The molecule has 0 spiro atoms. The van der Waals surface area contributed by atoms with Gasteiger partial charge in [0.1, 0.15) is 0 Å². The third-order valence-corrected chi connectivity index (χ3v) is 3.03. The van der Waals surface area contributed by atoms with Gasteiger partial charge in [0.05, 0.1) is 20.1 Å². The van der Waals surface area contributed by atoms with Crippen molar-refractivity contribution >= 4 is 5.97 Å². The molecule has 1 aromatic rings. The zero-order valence-corrected chi connectivity index (χ0v) is 12.7. The van der Waals surface area contributed by atoms with Gasteiger partial charge in [0.15, 0.2) is 11.6 Å². The number of benzene rings is 1. The minimum atomic E-state index is -0.423. The van der Waals surface area contributed by atoms with Crippen molar-refractivity contribution in [2.75, 3.05) is 13.7 Å². The highest BCUT2D eigenvalue weighted by atomic mass is 19.1. The molecule has 0 aromatic heterocycles. The zero-order valence-electron chi connectivity index (χ0n) is 12.7. The second kappa shape index (κ2) is 7.88. The van der Waals surface area contributed by atoms with Gasteiger partial charge in [-0.25, -0.2) is 4.39 Å². The molecule has 0 atom stereocenters. The standard InChI is InChI=1S/C16H23FO3/c1-5-20-15(18)10-13-8-12(7-6-11(2)3)9-14(17)16(13)19-4/h8-9,11H,5-7,10H2,1-4H3. The SMILES string of the molecule is CCOC(=O)Cc1cc(CCC(C)C)cc(F)c1OC. The van der Waals surface area contributed by atoms with E-state index in [1.54, 1.807) is 6.92 Å². The predicted molar refractivity (Wildman–Crippen MR) is 76.4 cm³/mol. The molecule has 4 heteroatoms. The molecular formula is C16H23FO3. The van der Waals surface area contributed by atoms with Crippen LogP contribution in [0.25, 0.3) is 0 Å². The molecule has 1 aromatic carbocycles. The van der Waals surface area contributed by atoms with Gasteiger partial charge in [-0.15, -0.1) is 0 Å². The molecular weight excluding hydrogens is 259 g/mol. The lowest BCUT2D eigenvalue weighted by Gasteiger charge is -2.12. The van der Waals surface area contributed by atoms with Gasteiger partial charge < -0.3 is 9.47 Å². The largest absolute Gasteiger partial charge is 0.493 e. The minimum Gasteiger partial charge on any atom is -0.493 e. The maximum Gasteiger partial charge on any atom is 0.310 e. The molecule has 0 heterocycles. The zero-order chi connectivity index (χ0) is 15.1. The van der Waals surface area contributed by atoms with Gasteiger partial charge >= 0.3 is 5.97 Å². The van der Waals surface area contributed by atoms with Crippen LogP contribution in [0.2, 0.25) is 0 Å². The fourth-order valence-electron chi connectivity index (χ4n) is 2.04. The predicted octanol–water partition coefficient (Wildman–Crippen LogP) is 3.53. The van der Waals surface area contributed by atoms with Crippen molar-refractivity contribution in [3.05, 3.63) is 29.1 Å². The number of hydrogen-bond acceptors (Lipinski definition) is 3. The summed E-state index contributed by atoms with van der Waals surface area (Å²) in [5.74, 6) is -0.112. The summed E-state index contributed by atoms with van der Waals surface area (Å²) in [4.78, 5) is 11.6. The first kappa shape index (κ1) is 16.5. The van der Waals surface area contributed by atoms with Gasteiger partial charge in [-0.05, 0) is 37.3 Å². The van der Waals surface area contributed by atoms with Crippen LogP contribution in [0.4, 0.5) is 4.39 Å². The molecule has 0 amide bonds. The summed E-state index contributed by atoms with van der Waals surface area (Å²) >= 11 is 0. The normalized spacial score (nSPS) is 10.7. The molecule has 0 fully saturated rings. The van der Waals surface area contributed by atoms with Crippen LogP contribution in [0.3, 0.4) is 0 Å². The molecule has 0 aliphatic rings. The van der Waals surface area contributed by atoms with Crippen molar-refractivity contribution in [2.24, 2.45) is 5.92 Å². The van der Waals surface area contributed by atoms with E-state index >= 15 is 0 Å². The molecule has 1 rings (SSSR count). The van der Waals surface area contributed by atoms with E-state index in [2.05, 4.69) is 13.8 Å². The highest BCUT2D eigenvalue weighted by molar-refractivity contribution is 5.73. The first-order chi connectivity index (χ1) is 9.47. The molecule has 0 aliphatic heterocycles. The Balaban J connectivity index is 2.96. The Bertz CT molecular complexity index is 455. The summed E-state index contributed by atoms with van der Waals surface area (Å²) < 4.78 is 24.0. The molecule has 0 N–H and O–H groups in total. The summed E-state index contributed by atoms with van der Waals surface area (Å²) in [7, 11) is 1.40. The molecule has 0 saturated carbocycles. The van der Waals surface area contributed by atoms with E-state index in [-0.39, 0.29) is 18.1 Å². The van der Waals surface area contributed by atoms with Crippen LogP contribution in [-0.4, -0.2) is 19.7 Å². The average molecular weight is 282 g/mol. The van der Waals surface area contributed by atoms with Crippen LogP contribution >= 0.6 is 0 Å². The molecule has 0 radical (unpaired) electrons. The van der Waals surface area contributed by atoms with Crippen molar-refractivity contribution in [1.82, 2.24) is 0 Å². The van der Waals surface area contributed by atoms with Crippen molar-refractivity contribution in [3.8, 4) is 5.75 Å². The second-order valence-electron chi connectivity index (χ2n) is 5.18. The Morgan fingerprint density at radius 1 is 1.35 bits per heavy atom. The lowest BCUT2D eigenvalue weighted by Crippen LogP contribution is -2.10. The van der Waals surface area contributed by atoms with Gasteiger partial charge in [0, 0.05) is 5.56 Å². The van der Waals surface area contributed by atoms with E-state index in [0.29, 0.717) is 18.1 Å². The van der Waals surface area contributed by atoms with Crippen LogP contribution in [-0.2, 0) is 22.4 Å². The number of hydrogen-bond donors (Lipinski definition) is 0. The van der Waals surface area contributed by atoms with Gasteiger partial charge in [-0.1, -0.05) is 19.9 Å². The number of aryl methyl sites for hydroxylation is 1. The van der Waals surface area contributed by atoms with E-state index in [0.717, 1.165) is 18.4 Å². The Morgan fingerprint density at radius 2 is 2.05 bits per heavy atom. The average Bonchev–Trinajstić information content (AvgIpc) is 2.36. The van der Waals surface area contributed by atoms with Crippen LogP contribution in [0.5, 0.6) is 5.75 Å². The second-order valence-corrected chi connectivity index (χ2v) is 5.18.